The summed E-state index contributed by atoms with van der Waals surface area (Å²) in [5.41, 5.74) is -0.103. The third kappa shape index (κ3) is 4.32. The number of nitrogens with one attached hydrogen (secondary N) is 1. The van der Waals surface area contributed by atoms with E-state index < -0.39 is 18.5 Å². The molecule has 0 aliphatic heterocycles. The lowest BCUT2D eigenvalue weighted by Gasteiger charge is -2.11. The summed E-state index contributed by atoms with van der Waals surface area (Å²) < 4.78 is 28.8. The van der Waals surface area contributed by atoms with Gasteiger partial charge >= 0.3 is 12.6 Å². The van der Waals surface area contributed by atoms with Gasteiger partial charge in [-0.25, -0.2) is 4.79 Å². The minimum atomic E-state index is -3.09. The molecular formula is C19H12ClF2NO4. The van der Waals surface area contributed by atoms with Crippen LogP contribution in [0.5, 0.6) is 5.75 Å². The highest BCUT2D eigenvalue weighted by atomic mass is 35.5. The summed E-state index contributed by atoms with van der Waals surface area (Å²) >= 11 is 5.93. The molecule has 3 aromatic carbocycles. The molecule has 0 heterocycles. The van der Waals surface area contributed by atoms with Crippen molar-refractivity contribution in [3.8, 4) is 5.75 Å². The molecule has 0 aliphatic carbocycles. The average Bonchev–Trinajstić information content (AvgIpc) is 2.61. The first-order valence-corrected chi connectivity index (χ1v) is 8.04. The molecule has 5 nitrogen and oxygen atoms in total. The molecular weight excluding hydrogens is 380 g/mol. The number of carbonyl (C=O) groups is 2. The zero-order valence-corrected chi connectivity index (χ0v) is 14.3. The molecule has 138 valence electrons. The maximum atomic E-state index is 12.5. The lowest BCUT2D eigenvalue weighted by molar-refractivity contribution is -0.0499. The number of hydrogen-bond acceptors (Lipinski definition) is 3. The van der Waals surface area contributed by atoms with E-state index in [1.165, 1.54) is 6.07 Å². The van der Waals surface area contributed by atoms with Gasteiger partial charge in [0.1, 0.15) is 5.75 Å². The summed E-state index contributed by atoms with van der Waals surface area (Å²) in [5.74, 6) is -2.25. The molecule has 27 heavy (non-hydrogen) atoms. The van der Waals surface area contributed by atoms with Crippen LogP contribution in [-0.4, -0.2) is 23.6 Å². The Balaban J connectivity index is 1.89. The van der Waals surface area contributed by atoms with Crippen LogP contribution in [0.1, 0.15) is 20.7 Å². The predicted molar refractivity (Wildman–Crippen MR) is 96.9 cm³/mol. The third-order valence-electron chi connectivity index (χ3n) is 3.76. The van der Waals surface area contributed by atoms with Crippen molar-refractivity contribution in [3.05, 3.63) is 70.7 Å². The summed E-state index contributed by atoms with van der Waals surface area (Å²) in [7, 11) is 0. The first kappa shape index (κ1) is 18.6. The van der Waals surface area contributed by atoms with Crippen molar-refractivity contribution in [2.75, 3.05) is 5.32 Å². The number of anilines is 1. The van der Waals surface area contributed by atoms with Crippen LogP contribution >= 0.6 is 11.6 Å². The topological polar surface area (TPSA) is 75.6 Å². The quantitative estimate of drug-likeness (QED) is 0.638. The molecule has 0 fully saturated rings. The van der Waals surface area contributed by atoms with Crippen molar-refractivity contribution < 1.29 is 28.2 Å². The first-order valence-electron chi connectivity index (χ1n) is 7.66. The number of halogens is 3. The van der Waals surface area contributed by atoms with E-state index in [-0.39, 0.29) is 17.0 Å². The number of ether oxygens (including phenoxy) is 1. The zero-order chi connectivity index (χ0) is 19.6. The second kappa shape index (κ2) is 7.59. The second-order valence-electron chi connectivity index (χ2n) is 5.55. The van der Waals surface area contributed by atoms with E-state index in [0.29, 0.717) is 10.6 Å². The van der Waals surface area contributed by atoms with Crippen LogP contribution in [0.4, 0.5) is 14.5 Å². The Morgan fingerprint density at radius 1 is 1.00 bits per heavy atom. The van der Waals surface area contributed by atoms with E-state index in [2.05, 4.69) is 10.1 Å². The van der Waals surface area contributed by atoms with E-state index in [1.807, 2.05) is 0 Å². The maximum absolute atomic E-state index is 12.5. The lowest BCUT2D eigenvalue weighted by atomic mass is 10.1. The molecule has 0 atom stereocenters. The number of hydrogen-bond donors (Lipinski definition) is 2. The Bertz CT molecular complexity index is 1040. The third-order valence-corrected chi connectivity index (χ3v) is 3.99. The normalized spacial score (nSPS) is 10.8. The van der Waals surface area contributed by atoms with Gasteiger partial charge in [0.15, 0.2) is 0 Å². The number of aromatic carboxylic acids is 1. The minimum absolute atomic E-state index is 0.0367. The van der Waals surface area contributed by atoms with Gasteiger partial charge in [-0.05, 0) is 53.2 Å². The Labute approximate surface area is 157 Å². The van der Waals surface area contributed by atoms with Gasteiger partial charge in [-0.1, -0.05) is 23.7 Å². The van der Waals surface area contributed by atoms with Crippen LogP contribution in [-0.2, 0) is 0 Å². The second-order valence-corrected chi connectivity index (χ2v) is 5.99. The SMILES string of the molecule is O=C(Nc1ccc(OC(F)F)cc1C(=O)O)c1ccc2cc(Cl)ccc2c1. The van der Waals surface area contributed by atoms with Crippen molar-refractivity contribution in [1.29, 1.82) is 0 Å². The summed E-state index contributed by atoms with van der Waals surface area (Å²) in [6.45, 7) is -3.09. The summed E-state index contributed by atoms with van der Waals surface area (Å²) in [6, 6.07) is 13.4. The molecule has 0 aliphatic rings. The molecule has 0 spiro atoms. The van der Waals surface area contributed by atoms with Crippen molar-refractivity contribution >= 4 is 39.9 Å². The number of alkyl halides is 2. The van der Waals surface area contributed by atoms with Gasteiger partial charge in [-0.3, -0.25) is 4.79 Å². The molecule has 0 radical (unpaired) electrons. The number of carbonyl (C=O) groups excluding carboxylic acids is 1. The van der Waals surface area contributed by atoms with Gasteiger partial charge in [0, 0.05) is 10.6 Å². The van der Waals surface area contributed by atoms with Crippen LogP contribution < -0.4 is 10.1 Å². The predicted octanol–water partition coefficient (Wildman–Crippen LogP) is 5.05. The highest BCUT2D eigenvalue weighted by Gasteiger charge is 2.16. The molecule has 3 rings (SSSR count). The molecule has 0 bridgehead atoms. The van der Waals surface area contributed by atoms with Crippen molar-refractivity contribution in [1.82, 2.24) is 0 Å². The summed E-state index contributed by atoms with van der Waals surface area (Å²) in [5, 5.41) is 13.9. The first-order chi connectivity index (χ1) is 12.8. The fraction of sp³-hybridized carbons (Fsp3) is 0.0526. The van der Waals surface area contributed by atoms with Gasteiger partial charge in [0.2, 0.25) is 0 Å². The Morgan fingerprint density at radius 3 is 2.41 bits per heavy atom. The van der Waals surface area contributed by atoms with Gasteiger partial charge in [-0.15, -0.1) is 0 Å². The van der Waals surface area contributed by atoms with E-state index in [9.17, 15) is 23.5 Å². The van der Waals surface area contributed by atoms with E-state index >= 15 is 0 Å². The lowest BCUT2D eigenvalue weighted by Crippen LogP contribution is -2.15. The molecule has 0 aromatic heterocycles. The molecule has 2 N–H and O–H groups in total. The minimum Gasteiger partial charge on any atom is -0.478 e. The zero-order valence-electron chi connectivity index (χ0n) is 13.6. The average molecular weight is 392 g/mol. The Morgan fingerprint density at radius 2 is 1.70 bits per heavy atom. The number of rotatable bonds is 5. The van der Waals surface area contributed by atoms with Gasteiger partial charge in [0.05, 0.1) is 11.3 Å². The molecule has 8 heteroatoms. The summed E-state index contributed by atoms with van der Waals surface area (Å²) in [6.07, 6.45) is 0. The Hall–Kier alpha value is -3.19. The van der Waals surface area contributed by atoms with Crippen molar-refractivity contribution in [2.24, 2.45) is 0 Å². The standard InChI is InChI=1S/C19H12ClF2NO4/c20-13-4-3-10-7-12(2-1-11(10)8-13)17(24)23-16-6-5-14(27-19(21)22)9-15(16)18(25)26/h1-9,19H,(H,23,24)(H,25,26). The smallest absolute Gasteiger partial charge is 0.387 e. The maximum Gasteiger partial charge on any atom is 0.387 e. The van der Waals surface area contributed by atoms with Gasteiger partial charge < -0.3 is 15.2 Å². The highest BCUT2D eigenvalue weighted by Crippen LogP contribution is 2.25. The number of benzene rings is 3. The van der Waals surface area contributed by atoms with Crippen LogP contribution in [0.25, 0.3) is 10.8 Å². The van der Waals surface area contributed by atoms with E-state index in [4.69, 9.17) is 11.6 Å². The summed E-state index contributed by atoms with van der Waals surface area (Å²) in [4.78, 5) is 23.9. The van der Waals surface area contributed by atoms with Crippen molar-refractivity contribution in [3.63, 3.8) is 0 Å². The molecule has 0 unspecified atom stereocenters. The van der Waals surface area contributed by atoms with Gasteiger partial charge in [-0.2, -0.15) is 8.78 Å². The molecule has 3 aromatic rings. The fourth-order valence-electron chi connectivity index (χ4n) is 2.54. The van der Waals surface area contributed by atoms with Crippen LogP contribution in [0.15, 0.2) is 54.6 Å². The largest absolute Gasteiger partial charge is 0.478 e. The Kier molecular flexibility index (Phi) is 5.23. The monoisotopic (exact) mass is 391 g/mol. The molecule has 0 saturated heterocycles. The number of amides is 1. The number of carboxylic acids is 1. The van der Waals surface area contributed by atoms with Crippen LogP contribution in [0.3, 0.4) is 0 Å². The molecule has 1 amide bonds. The highest BCUT2D eigenvalue weighted by molar-refractivity contribution is 6.31. The van der Waals surface area contributed by atoms with Gasteiger partial charge in [0.25, 0.3) is 5.91 Å². The van der Waals surface area contributed by atoms with Crippen molar-refractivity contribution in [2.45, 2.75) is 6.61 Å². The van der Waals surface area contributed by atoms with E-state index in [0.717, 1.165) is 22.9 Å². The fourth-order valence-corrected chi connectivity index (χ4v) is 2.72. The van der Waals surface area contributed by atoms with E-state index in [1.54, 1.807) is 36.4 Å². The number of carboxylic acid groups (broad SMARTS) is 1. The molecule has 0 saturated carbocycles. The van der Waals surface area contributed by atoms with Crippen LogP contribution in [0.2, 0.25) is 5.02 Å². The number of fused-ring (bicyclic) bond motifs is 1. The van der Waals surface area contributed by atoms with Crippen LogP contribution in [0, 0.1) is 0 Å².